The van der Waals surface area contributed by atoms with E-state index in [-0.39, 0.29) is 0 Å². The molecule has 1 heteroatoms. The maximum Gasteiger partial charge on any atom is 0.0296 e. The monoisotopic (exact) mass is 151 g/mol. The molecule has 1 rings (SSSR count). The first-order valence-corrected chi connectivity index (χ1v) is 4.32. The van der Waals surface area contributed by atoms with Gasteiger partial charge in [-0.1, -0.05) is 25.5 Å². The standard InChI is InChI=1S/C10H17N/c1-8(2)9-5-4-6-10(7-9)11-3/h6-8,11H,4-5H2,1-3H3. The molecule has 62 valence electrons. The van der Waals surface area contributed by atoms with E-state index in [0.717, 1.165) is 0 Å². The Bertz CT molecular complexity index is 187. The van der Waals surface area contributed by atoms with Gasteiger partial charge in [-0.15, -0.1) is 0 Å². The van der Waals surface area contributed by atoms with Crippen molar-refractivity contribution in [2.75, 3.05) is 7.05 Å². The summed E-state index contributed by atoms with van der Waals surface area (Å²) in [7, 11) is 1.98. The molecule has 0 unspecified atom stereocenters. The lowest BCUT2D eigenvalue weighted by atomic mass is 9.94. The number of nitrogens with one attached hydrogen (secondary N) is 1. The molecule has 0 atom stereocenters. The molecule has 0 saturated heterocycles. The molecular formula is C10H17N. The van der Waals surface area contributed by atoms with E-state index in [2.05, 4.69) is 31.3 Å². The molecule has 0 bridgehead atoms. The zero-order valence-corrected chi connectivity index (χ0v) is 7.65. The summed E-state index contributed by atoms with van der Waals surface area (Å²) in [5.74, 6) is 0.701. The van der Waals surface area contributed by atoms with Crippen molar-refractivity contribution in [1.82, 2.24) is 5.32 Å². The van der Waals surface area contributed by atoms with Crippen molar-refractivity contribution in [3.05, 3.63) is 23.4 Å². The third-order valence-electron chi connectivity index (χ3n) is 2.17. The topological polar surface area (TPSA) is 12.0 Å². The van der Waals surface area contributed by atoms with Crippen molar-refractivity contribution < 1.29 is 0 Å². The van der Waals surface area contributed by atoms with Gasteiger partial charge in [0.05, 0.1) is 0 Å². The van der Waals surface area contributed by atoms with Crippen LogP contribution in [0.25, 0.3) is 0 Å². The van der Waals surface area contributed by atoms with Crippen molar-refractivity contribution >= 4 is 0 Å². The Morgan fingerprint density at radius 3 is 2.73 bits per heavy atom. The number of allylic oxidation sites excluding steroid dienone is 3. The molecule has 0 fully saturated rings. The molecule has 0 aliphatic heterocycles. The summed E-state index contributed by atoms with van der Waals surface area (Å²) in [6, 6.07) is 0. The third kappa shape index (κ3) is 2.11. The number of hydrogen-bond donors (Lipinski definition) is 1. The summed E-state index contributed by atoms with van der Waals surface area (Å²) in [6.07, 6.45) is 6.96. The van der Waals surface area contributed by atoms with E-state index in [9.17, 15) is 0 Å². The van der Waals surface area contributed by atoms with Crippen molar-refractivity contribution in [2.24, 2.45) is 5.92 Å². The van der Waals surface area contributed by atoms with E-state index in [4.69, 9.17) is 0 Å². The first kappa shape index (κ1) is 8.38. The van der Waals surface area contributed by atoms with Gasteiger partial charge in [0.25, 0.3) is 0 Å². The fourth-order valence-electron chi connectivity index (χ4n) is 1.35. The molecule has 0 saturated carbocycles. The molecule has 0 aromatic heterocycles. The van der Waals surface area contributed by atoms with Gasteiger partial charge in [0.1, 0.15) is 0 Å². The molecule has 0 radical (unpaired) electrons. The summed E-state index contributed by atoms with van der Waals surface area (Å²) >= 11 is 0. The molecule has 0 spiro atoms. The Hall–Kier alpha value is -0.720. The van der Waals surface area contributed by atoms with Gasteiger partial charge >= 0.3 is 0 Å². The lowest BCUT2D eigenvalue weighted by molar-refractivity contribution is 0.700. The summed E-state index contributed by atoms with van der Waals surface area (Å²) < 4.78 is 0. The van der Waals surface area contributed by atoms with Crippen molar-refractivity contribution in [3.63, 3.8) is 0 Å². The van der Waals surface area contributed by atoms with E-state index in [1.54, 1.807) is 5.57 Å². The first-order chi connectivity index (χ1) is 5.24. The fraction of sp³-hybridized carbons (Fsp3) is 0.600. The van der Waals surface area contributed by atoms with Gasteiger partial charge in [0, 0.05) is 12.7 Å². The van der Waals surface area contributed by atoms with Crippen molar-refractivity contribution in [3.8, 4) is 0 Å². The van der Waals surface area contributed by atoms with Gasteiger partial charge in [-0.25, -0.2) is 0 Å². The maximum atomic E-state index is 3.17. The highest BCUT2D eigenvalue weighted by Crippen LogP contribution is 2.21. The molecular weight excluding hydrogens is 134 g/mol. The SMILES string of the molecule is CNC1=CCCC(C(C)C)=C1. The van der Waals surface area contributed by atoms with Crippen molar-refractivity contribution in [2.45, 2.75) is 26.7 Å². The van der Waals surface area contributed by atoms with Crippen LogP contribution in [0.3, 0.4) is 0 Å². The van der Waals surface area contributed by atoms with Crippen LogP contribution in [0, 0.1) is 5.92 Å². The molecule has 1 aliphatic rings. The Morgan fingerprint density at radius 1 is 1.45 bits per heavy atom. The Morgan fingerprint density at radius 2 is 2.18 bits per heavy atom. The summed E-state index contributed by atoms with van der Waals surface area (Å²) in [4.78, 5) is 0. The van der Waals surface area contributed by atoms with E-state index in [0.29, 0.717) is 5.92 Å². The molecule has 1 aliphatic carbocycles. The highest BCUT2D eigenvalue weighted by Gasteiger charge is 2.06. The summed E-state index contributed by atoms with van der Waals surface area (Å²) in [5, 5.41) is 3.17. The highest BCUT2D eigenvalue weighted by atomic mass is 14.8. The van der Waals surface area contributed by atoms with Crippen LogP contribution >= 0.6 is 0 Å². The van der Waals surface area contributed by atoms with Gasteiger partial charge in [0.15, 0.2) is 0 Å². The average Bonchev–Trinajstić information content (AvgIpc) is 2.05. The van der Waals surface area contributed by atoms with E-state index in [1.807, 2.05) is 7.05 Å². The molecule has 0 aromatic carbocycles. The molecule has 1 nitrogen and oxygen atoms in total. The largest absolute Gasteiger partial charge is 0.388 e. The lowest BCUT2D eigenvalue weighted by Crippen LogP contribution is -2.08. The second-order valence-electron chi connectivity index (χ2n) is 3.32. The quantitative estimate of drug-likeness (QED) is 0.639. The minimum absolute atomic E-state index is 0.701. The maximum absolute atomic E-state index is 3.17. The fourth-order valence-corrected chi connectivity index (χ4v) is 1.35. The molecule has 0 heterocycles. The minimum Gasteiger partial charge on any atom is -0.388 e. The van der Waals surface area contributed by atoms with Crippen LogP contribution < -0.4 is 5.32 Å². The van der Waals surface area contributed by atoms with Crippen LogP contribution in [-0.2, 0) is 0 Å². The lowest BCUT2D eigenvalue weighted by Gasteiger charge is -2.16. The zero-order chi connectivity index (χ0) is 8.27. The van der Waals surface area contributed by atoms with E-state index >= 15 is 0 Å². The minimum atomic E-state index is 0.701. The van der Waals surface area contributed by atoms with Gasteiger partial charge in [-0.2, -0.15) is 0 Å². The second-order valence-corrected chi connectivity index (χ2v) is 3.32. The summed E-state index contributed by atoms with van der Waals surface area (Å²) in [6.45, 7) is 4.51. The Kier molecular flexibility index (Phi) is 2.75. The molecule has 0 amide bonds. The van der Waals surface area contributed by atoms with Gasteiger partial charge in [-0.05, 0) is 24.8 Å². The smallest absolute Gasteiger partial charge is 0.0296 e. The normalized spacial score (nSPS) is 17.8. The van der Waals surface area contributed by atoms with Gasteiger partial charge in [0.2, 0.25) is 0 Å². The Labute approximate surface area is 69.2 Å². The number of hydrogen-bond acceptors (Lipinski definition) is 1. The van der Waals surface area contributed by atoms with Crippen LogP contribution in [0.5, 0.6) is 0 Å². The third-order valence-corrected chi connectivity index (χ3v) is 2.17. The van der Waals surface area contributed by atoms with Crippen LogP contribution in [0.15, 0.2) is 23.4 Å². The van der Waals surface area contributed by atoms with Crippen LogP contribution in [0.2, 0.25) is 0 Å². The number of likely N-dealkylation sites (N-methyl/N-ethyl adjacent to an activating group) is 1. The predicted octanol–water partition coefficient (Wildman–Crippen LogP) is 2.47. The first-order valence-electron chi connectivity index (χ1n) is 4.32. The highest BCUT2D eigenvalue weighted by molar-refractivity contribution is 5.27. The summed E-state index contributed by atoms with van der Waals surface area (Å²) in [5.41, 5.74) is 2.84. The van der Waals surface area contributed by atoms with Gasteiger partial charge < -0.3 is 5.32 Å². The average molecular weight is 151 g/mol. The molecule has 1 N–H and O–H groups in total. The second kappa shape index (κ2) is 3.61. The zero-order valence-electron chi connectivity index (χ0n) is 7.65. The van der Waals surface area contributed by atoms with Crippen molar-refractivity contribution in [1.29, 1.82) is 0 Å². The van der Waals surface area contributed by atoms with E-state index < -0.39 is 0 Å². The van der Waals surface area contributed by atoms with E-state index in [1.165, 1.54) is 18.5 Å². The van der Waals surface area contributed by atoms with Gasteiger partial charge in [-0.3, -0.25) is 0 Å². The number of rotatable bonds is 2. The molecule has 0 aromatic rings. The van der Waals surface area contributed by atoms with Crippen LogP contribution in [-0.4, -0.2) is 7.05 Å². The van der Waals surface area contributed by atoms with Crippen LogP contribution in [0.1, 0.15) is 26.7 Å². The van der Waals surface area contributed by atoms with Crippen LogP contribution in [0.4, 0.5) is 0 Å². The predicted molar refractivity (Wildman–Crippen MR) is 49.3 cm³/mol. The Balaban J connectivity index is 2.68. The molecule has 11 heavy (non-hydrogen) atoms.